The lowest BCUT2D eigenvalue weighted by Gasteiger charge is -2.00. The maximum Gasteiger partial charge on any atom is 0.259 e. The van der Waals surface area contributed by atoms with E-state index in [1.807, 2.05) is 26.0 Å². The van der Waals surface area contributed by atoms with Crippen LogP contribution in [0.2, 0.25) is 0 Å². The standard InChI is InChI=1S/C19H20N4O3S/c1-9-6-13(9)14-5-4-12(26-14)8-20-23-16(24)7-15-21-18(25)17-10(2)11(3)27-19(17)22-15/h4-5,8-9,13H,6-7H2,1-3H3,(H,23,24)(H,21,22,25)/b20-8+. The van der Waals surface area contributed by atoms with Crippen LogP contribution in [-0.2, 0) is 11.2 Å². The van der Waals surface area contributed by atoms with Gasteiger partial charge in [-0.05, 0) is 43.9 Å². The maximum absolute atomic E-state index is 12.2. The van der Waals surface area contributed by atoms with Crippen molar-refractivity contribution in [3.63, 3.8) is 0 Å². The summed E-state index contributed by atoms with van der Waals surface area (Å²) in [6, 6.07) is 3.79. The molecule has 4 rings (SSSR count). The third-order valence-corrected chi connectivity index (χ3v) is 6.02. The lowest BCUT2D eigenvalue weighted by molar-refractivity contribution is -0.120. The molecule has 1 aliphatic carbocycles. The first-order valence-electron chi connectivity index (χ1n) is 8.83. The molecule has 8 heteroatoms. The van der Waals surface area contributed by atoms with Crippen molar-refractivity contribution in [3.05, 3.63) is 50.3 Å². The molecule has 0 aromatic carbocycles. The largest absolute Gasteiger partial charge is 0.460 e. The average Bonchev–Trinajstić information content (AvgIpc) is 3.02. The molecule has 3 aromatic heterocycles. The second kappa shape index (κ2) is 6.77. The van der Waals surface area contributed by atoms with Gasteiger partial charge in [-0.1, -0.05) is 6.92 Å². The molecule has 0 saturated heterocycles. The summed E-state index contributed by atoms with van der Waals surface area (Å²) in [7, 11) is 0. The second-order valence-electron chi connectivity index (χ2n) is 7.01. The molecule has 0 radical (unpaired) electrons. The number of carbonyl (C=O) groups excluding carboxylic acids is 1. The maximum atomic E-state index is 12.2. The quantitative estimate of drug-likeness (QED) is 0.522. The van der Waals surface area contributed by atoms with Gasteiger partial charge in [0.1, 0.15) is 22.2 Å². The Morgan fingerprint density at radius 1 is 1.48 bits per heavy atom. The van der Waals surface area contributed by atoms with E-state index in [1.165, 1.54) is 17.6 Å². The molecule has 0 spiro atoms. The lowest BCUT2D eigenvalue weighted by atomic mass is 10.2. The SMILES string of the molecule is Cc1sc2nc(CC(=O)N/N=C/c3ccc(C4CC4C)o3)[nH]c(=O)c2c1C. The number of thiophene rings is 1. The monoisotopic (exact) mass is 384 g/mol. The van der Waals surface area contributed by atoms with Crippen molar-refractivity contribution in [1.82, 2.24) is 15.4 Å². The summed E-state index contributed by atoms with van der Waals surface area (Å²) in [5.41, 5.74) is 3.15. The first-order chi connectivity index (χ1) is 12.9. The van der Waals surface area contributed by atoms with Crippen LogP contribution >= 0.6 is 11.3 Å². The molecule has 140 valence electrons. The third-order valence-electron chi connectivity index (χ3n) is 4.92. The number of nitrogens with one attached hydrogen (secondary N) is 2. The Hall–Kier alpha value is -2.74. The van der Waals surface area contributed by atoms with Crippen LogP contribution in [0.25, 0.3) is 10.2 Å². The fourth-order valence-electron chi connectivity index (χ4n) is 3.10. The zero-order valence-electron chi connectivity index (χ0n) is 15.3. The van der Waals surface area contributed by atoms with E-state index in [9.17, 15) is 9.59 Å². The van der Waals surface area contributed by atoms with Crippen molar-refractivity contribution >= 4 is 33.7 Å². The van der Waals surface area contributed by atoms with E-state index in [0.29, 0.717) is 33.6 Å². The number of hydrogen-bond donors (Lipinski definition) is 2. The number of H-pyrrole nitrogens is 1. The molecule has 1 amide bonds. The van der Waals surface area contributed by atoms with Gasteiger partial charge in [0.15, 0.2) is 0 Å². The molecule has 1 fully saturated rings. The van der Waals surface area contributed by atoms with Crippen LogP contribution in [0.4, 0.5) is 0 Å². The second-order valence-corrected chi connectivity index (χ2v) is 8.21. The van der Waals surface area contributed by atoms with Gasteiger partial charge in [-0.15, -0.1) is 11.3 Å². The summed E-state index contributed by atoms with van der Waals surface area (Å²) in [6.07, 6.45) is 2.57. The van der Waals surface area contributed by atoms with Crippen LogP contribution in [0, 0.1) is 19.8 Å². The summed E-state index contributed by atoms with van der Waals surface area (Å²) in [5, 5.41) is 4.51. The molecule has 1 saturated carbocycles. The van der Waals surface area contributed by atoms with Crippen molar-refractivity contribution in [2.24, 2.45) is 11.0 Å². The van der Waals surface area contributed by atoms with Gasteiger partial charge in [0.2, 0.25) is 5.91 Å². The van der Waals surface area contributed by atoms with Crippen molar-refractivity contribution in [2.75, 3.05) is 0 Å². The fourth-order valence-corrected chi connectivity index (χ4v) is 4.15. The highest BCUT2D eigenvalue weighted by atomic mass is 32.1. The highest BCUT2D eigenvalue weighted by molar-refractivity contribution is 7.18. The molecular formula is C19H20N4O3S. The predicted molar refractivity (Wildman–Crippen MR) is 104 cm³/mol. The van der Waals surface area contributed by atoms with Gasteiger partial charge >= 0.3 is 0 Å². The minimum Gasteiger partial charge on any atom is -0.460 e. The zero-order valence-corrected chi connectivity index (χ0v) is 16.1. The number of nitrogens with zero attached hydrogens (tertiary/aromatic N) is 2. The lowest BCUT2D eigenvalue weighted by Crippen LogP contribution is -2.23. The van der Waals surface area contributed by atoms with Crippen LogP contribution in [0.1, 0.15) is 47.0 Å². The Bertz CT molecular complexity index is 1110. The summed E-state index contributed by atoms with van der Waals surface area (Å²) in [5.74, 6) is 2.70. The smallest absolute Gasteiger partial charge is 0.259 e. The first kappa shape index (κ1) is 17.7. The first-order valence-corrected chi connectivity index (χ1v) is 9.64. The highest BCUT2D eigenvalue weighted by Gasteiger charge is 2.36. The van der Waals surface area contributed by atoms with E-state index in [4.69, 9.17) is 4.42 Å². The molecule has 3 aromatic rings. The summed E-state index contributed by atoms with van der Waals surface area (Å²) >= 11 is 1.45. The number of furan rings is 1. The number of hydrogen-bond acceptors (Lipinski definition) is 6. The van der Waals surface area contributed by atoms with Crippen LogP contribution < -0.4 is 11.0 Å². The van der Waals surface area contributed by atoms with E-state index < -0.39 is 0 Å². The van der Waals surface area contributed by atoms with Crippen LogP contribution in [0.15, 0.2) is 26.4 Å². The molecule has 3 heterocycles. The molecule has 2 N–H and O–H groups in total. The van der Waals surface area contributed by atoms with Crippen molar-refractivity contribution in [1.29, 1.82) is 0 Å². The molecule has 7 nitrogen and oxygen atoms in total. The Kier molecular flexibility index (Phi) is 4.43. The number of aromatic nitrogens is 2. The Morgan fingerprint density at radius 3 is 3.00 bits per heavy atom. The van der Waals surface area contributed by atoms with E-state index >= 15 is 0 Å². The summed E-state index contributed by atoms with van der Waals surface area (Å²) in [6.45, 7) is 6.04. The van der Waals surface area contributed by atoms with E-state index in [0.717, 1.165) is 22.6 Å². The Morgan fingerprint density at radius 2 is 2.26 bits per heavy atom. The number of fused-ring (bicyclic) bond motifs is 1. The van der Waals surface area contributed by atoms with Crippen LogP contribution in [0.5, 0.6) is 0 Å². The fraction of sp³-hybridized carbons (Fsp3) is 0.368. The van der Waals surface area contributed by atoms with E-state index in [-0.39, 0.29) is 17.9 Å². The molecule has 1 aliphatic rings. The minimum atomic E-state index is -0.360. The molecule has 2 atom stereocenters. The van der Waals surface area contributed by atoms with Gasteiger partial charge in [0.05, 0.1) is 18.0 Å². The number of rotatable bonds is 5. The van der Waals surface area contributed by atoms with Gasteiger partial charge in [-0.25, -0.2) is 10.4 Å². The molecule has 0 bridgehead atoms. The molecule has 0 aliphatic heterocycles. The van der Waals surface area contributed by atoms with E-state index in [2.05, 4.69) is 27.4 Å². The molecule has 27 heavy (non-hydrogen) atoms. The van der Waals surface area contributed by atoms with Crippen molar-refractivity contribution in [2.45, 2.75) is 39.5 Å². The third kappa shape index (κ3) is 3.57. The van der Waals surface area contributed by atoms with Crippen molar-refractivity contribution in [3.8, 4) is 0 Å². The normalized spacial score (nSPS) is 19.1. The van der Waals surface area contributed by atoms with Gasteiger partial charge in [0.25, 0.3) is 5.56 Å². The van der Waals surface area contributed by atoms with Gasteiger partial charge in [-0.2, -0.15) is 5.10 Å². The van der Waals surface area contributed by atoms with Crippen LogP contribution in [0.3, 0.4) is 0 Å². The molecule has 2 unspecified atom stereocenters. The van der Waals surface area contributed by atoms with Gasteiger partial charge < -0.3 is 9.40 Å². The number of hydrazone groups is 1. The van der Waals surface area contributed by atoms with Gasteiger partial charge in [0, 0.05) is 10.8 Å². The van der Waals surface area contributed by atoms with Gasteiger partial charge in [-0.3, -0.25) is 9.59 Å². The Labute approximate surface area is 159 Å². The number of aryl methyl sites for hydroxylation is 2. The number of aromatic amines is 1. The topological polar surface area (TPSA) is 100 Å². The highest BCUT2D eigenvalue weighted by Crippen LogP contribution is 2.47. The number of carbonyl (C=O) groups is 1. The van der Waals surface area contributed by atoms with Crippen LogP contribution in [-0.4, -0.2) is 22.1 Å². The average molecular weight is 384 g/mol. The summed E-state index contributed by atoms with van der Waals surface area (Å²) in [4.78, 5) is 33.1. The summed E-state index contributed by atoms with van der Waals surface area (Å²) < 4.78 is 5.70. The zero-order chi connectivity index (χ0) is 19.1. The Balaban J connectivity index is 1.40. The minimum absolute atomic E-state index is 0.0541. The van der Waals surface area contributed by atoms with Crippen molar-refractivity contribution < 1.29 is 9.21 Å². The predicted octanol–water partition coefficient (Wildman–Crippen LogP) is 3.01. The molecular weight excluding hydrogens is 364 g/mol. The number of amides is 1. The van der Waals surface area contributed by atoms with E-state index in [1.54, 1.807) is 0 Å².